The number of benzene rings is 1. The lowest BCUT2D eigenvalue weighted by Gasteiger charge is -2.34. The molecule has 0 aromatic heterocycles. The van der Waals surface area contributed by atoms with Crippen LogP contribution in [0, 0.1) is 13.8 Å². The number of nitrogens with zero attached hydrogens (tertiary/aromatic N) is 1. The summed E-state index contributed by atoms with van der Waals surface area (Å²) in [6.45, 7) is 3.83. The van der Waals surface area contributed by atoms with Gasteiger partial charge >= 0.3 is 7.60 Å². The van der Waals surface area contributed by atoms with Crippen LogP contribution in [0.15, 0.2) is 23.1 Å². The van der Waals surface area contributed by atoms with Crippen LogP contribution in [-0.2, 0) is 4.57 Å². The van der Waals surface area contributed by atoms with Crippen LogP contribution in [0.3, 0.4) is 0 Å². The lowest BCUT2D eigenvalue weighted by molar-refractivity contribution is -0.873. The third kappa shape index (κ3) is 5.60. The van der Waals surface area contributed by atoms with Crippen molar-refractivity contribution in [1.29, 1.82) is 0 Å². The molecule has 21 heavy (non-hydrogen) atoms. The van der Waals surface area contributed by atoms with E-state index in [1.807, 2.05) is 32.0 Å². The molecule has 1 unspecified atom stereocenters. The minimum absolute atomic E-state index is 0.0557. The third-order valence-electron chi connectivity index (χ3n) is 2.74. The number of quaternary nitrogens is 1. The molecule has 0 saturated carbocycles. The second-order valence-corrected chi connectivity index (χ2v) is 10.8. The van der Waals surface area contributed by atoms with Crippen molar-refractivity contribution >= 4 is 29.2 Å². The highest BCUT2D eigenvalue weighted by Gasteiger charge is 2.51. The lowest BCUT2D eigenvalue weighted by Crippen LogP contribution is -2.47. The number of aliphatic hydroxyl groups is 1. The molecule has 0 amide bonds. The number of aryl methyl sites for hydroxylation is 2. The summed E-state index contributed by atoms with van der Waals surface area (Å²) in [7, 11) is 2.71. The average molecular weight is 352 g/mol. The molecule has 0 aliphatic rings. The maximum Gasteiger partial charge on any atom is 0.374 e. The van der Waals surface area contributed by atoms with Crippen molar-refractivity contribution in [2.24, 2.45) is 0 Å². The highest BCUT2D eigenvalue weighted by molar-refractivity contribution is 8.78. The van der Waals surface area contributed by atoms with Crippen molar-refractivity contribution in [3.63, 3.8) is 0 Å². The van der Waals surface area contributed by atoms with Gasteiger partial charge < -0.3 is 19.4 Å². The fraction of sp³-hybridized carbons (Fsp3) is 0.538. The Bertz CT molecular complexity index is 556. The van der Waals surface area contributed by atoms with Gasteiger partial charge in [-0.2, -0.15) is 0 Å². The maximum atomic E-state index is 11.7. The molecule has 0 fully saturated rings. The zero-order valence-electron chi connectivity index (χ0n) is 12.9. The average Bonchev–Trinajstić information content (AvgIpc) is 2.26. The van der Waals surface area contributed by atoms with Gasteiger partial charge in [0.1, 0.15) is 6.54 Å². The fourth-order valence-electron chi connectivity index (χ4n) is 1.69. The summed E-state index contributed by atoms with van der Waals surface area (Å²) in [5.74, 6) is 0. The topological polar surface area (TPSA) is 77.8 Å². The van der Waals surface area contributed by atoms with Crippen molar-refractivity contribution in [3.05, 3.63) is 29.3 Å². The number of rotatable bonds is 6. The molecule has 0 bridgehead atoms. The van der Waals surface area contributed by atoms with Crippen molar-refractivity contribution in [1.82, 2.24) is 0 Å². The molecule has 5 nitrogen and oxygen atoms in total. The van der Waals surface area contributed by atoms with Crippen molar-refractivity contribution in [2.75, 3.05) is 27.7 Å². The minimum Gasteiger partial charge on any atom is -0.364 e. The summed E-state index contributed by atoms with van der Waals surface area (Å²) in [5, 5.41) is 10.5. The molecule has 1 aromatic carbocycles. The van der Waals surface area contributed by atoms with Crippen LogP contribution >= 0.6 is 29.2 Å². The molecule has 1 rings (SSSR count). The van der Waals surface area contributed by atoms with Gasteiger partial charge in [-0.3, -0.25) is 4.57 Å². The molecular formula is C13H23NO4PS2+. The van der Waals surface area contributed by atoms with Gasteiger partial charge in [0, 0.05) is 4.90 Å². The summed E-state index contributed by atoms with van der Waals surface area (Å²) in [5.41, 5.74) is 2.08. The van der Waals surface area contributed by atoms with Gasteiger partial charge in [-0.05, 0) is 41.8 Å². The van der Waals surface area contributed by atoms with Gasteiger partial charge in [0.05, 0.1) is 21.1 Å². The van der Waals surface area contributed by atoms with E-state index in [1.165, 1.54) is 10.8 Å². The van der Waals surface area contributed by atoms with E-state index in [4.69, 9.17) is 0 Å². The van der Waals surface area contributed by atoms with Gasteiger partial charge in [-0.25, -0.2) is 0 Å². The summed E-state index contributed by atoms with van der Waals surface area (Å²) >= 11 is 0. The van der Waals surface area contributed by atoms with E-state index in [9.17, 15) is 19.5 Å². The first-order chi connectivity index (χ1) is 9.34. The molecule has 0 aliphatic carbocycles. The summed E-state index contributed by atoms with van der Waals surface area (Å²) in [6, 6.07) is 5.87. The molecule has 0 saturated heterocycles. The first kappa shape index (κ1) is 19.0. The Morgan fingerprint density at radius 3 is 2.29 bits per heavy atom. The monoisotopic (exact) mass is 352 g/mol. The standard InChI is InChI=1S/C13H22NO4PS2/c1-10-6-7-11(2)12(8-10)20-21-13(15,19(16,17)18)9-14(3,4)5/h6-8,15H,9H2,1-5H3,(H-,16,17,18)/p+1. The second-order valence-electron chi connectivity index (χ2n) is 6.17. The Hall–Kier alpha value is -0.0100. The van der Waals surface area contributed by atoms with Crippen LogP contribution < -0.4 is 0 Å². The molecule has 1 aromatic rings. The lowest BCUT2D eigenvalue weighted by atomic mass is 10.2. The van der Waals surface area contributed by atoms with Gasteiger partial charge in [0.15, 0.2) is 0 Å². The smallest absolute Gasteiger partial charge is 0.364 e. The van der Waals surface area contributed by atoms with E-state index >= 15 is 0 Å². The Kier molecular flexibility index (Phi) is 6.00. The first-order valence-electron chi connectivity index (χ1n) is 6.35. The van der Waals surface area contributed by atoms with Crippen LogP contribution in [0.1, 0.15) is 11.1 Å². The van der Waals surface area contributed by atoms with Crippen LogP contribution in [0.25, 0.3) is 0 Å². The molecule has 8 heteroatoms. The van der Waals surface area contributed by atoms with E-state index < -0.39 is 12.3 Å². The molecule has 1 atom stereocenters. The molecule has 0 radical (unpaired) electrons. The molecule has 120 valence electrons. The van der Waals surface area contributed by atoms with Crippen molar-refractivity contribution in [2.45, 2.75) is 23.4 Å². The predicted molar refractivity (Wildman–Crippen MR) is 89.3 cm³/mol. The fourth-order valence-corrected chi connectivity index (χ4v) is 6.36. The molecular weight excluding hydrogens is 329 g/mol. The molecule has 3 N–H and O–H groups in total. The summed E-state index contributed by atoms with van der Waals surface area (Å²) < 4.78 is 9.84. The second kappa shape index (κ2) is 6.62. The summed E-state index contributed by atoms with van der Waals surface area (Å²) in [6.07, 6.45) is 0. The Labute approximate surface area is 133 Å². The molecule has 0 heterocycles. The quantitative estimate of drug-likeness (QED) is 0.316. The number of likely N-dealkylation sites (N-methyl/N-ethyl adjacent to an activating group) is 1. The highest BCUT2D eigenvalue weighted by atomic mass is 33.1. The first-order valence-corrected chi connectivity index (χ1v) is 10.1. The van der Waals surface area contributed by atoms with Crippen LogP contribution in [0.2, 0.25) is 0 Å². The van der Waals surface area contributed by atoms with Crippen LogP contribution in [-0.4, -0.2) is 51.7 Å². The van der Waals surface area contributed by atoms with Crippen LogP contribution in [0.5, 0.6) is 0 Å². The van der Waals surface area contributed by atoms with Gasteiger partial charge in [-0.15, -0.1) is 0 Å². The van der Waals surface area contributed by atoms with E-state index in [1.54, 1.807) is 21.1 Å². The zero-order valence-corrected chi connectivity index (χ0v) is 15.4. The van der Waals surface area contributed by atoms with E-state index in [0.717, 1.165) is 26.8 Å². The van der Waals surface area contributed by atoms with Crippen LogP contribution in [0.4, 0.5) is 0 Å². The maximum absolute atomic E-state index is 11.7. The van der Waals surface area contributed by atoms with Crippen molar-refractivity contribution in [3.8, 4) is 0 Å². The van der Waals surface area contributed by atoms with Gasteiger partial charge in [-0.1, -0.05) is 22.9 Å². The SMILES string of the molecule is Cc1ccc(C)c(SSC(O)(C[N+](C)(C)C)P(=O)(O)O)c1. The Morgan fingerprint density at radius 1 is 1.24 bits per heavy atom. The van der Waals surface area contributed by atoms with E-state index in [0.29, 0.717) is 0 Å². The predicted octanol–water partition coefficient (Wildman–Crippen LogP) is 2.57. The normalized spacial score (nSPS) is 15.8. The minimum atomic E-state index is -4.67. The molecule has 0 spiro atoms. The Balaban J connectivity index is 2.98. The Morgan fingerprint density at radius 2 is 1.81 bits per heavy atom. The largest absolute Gasteiger partial charge is 0.374 e. The van der Waals surface area contributed by atoms with Gasteiger partial charge in [0.2, 0.25) is 0 Å². The van der Waals surface area contributed by atoms with Crippen molar-refractivity contribution < 1.29 is 23.9 Å². The number of hydrogen-bond donors (Lipinski definition) is 3. The van der Waals surface area contributed by atoms with E-state index in [-0.39, 0.29) is 11.0 Å². The summed E-state index contributed by atoms with van der Waals surface area (Å²) in [4.78, 5) is 19.9. The number of hydrogen-bond acceptors (Lipinski definition) is 4. The van der Waals surface area contributed by atoms with Gasteiger partial charge in [0.25, 0.3) is 4.67 Å². The highest BCUT2D eigenvalue weighted by Crippen LogP contribution is 2.60. The van der Waals surface area contributed by atoms with E-state index in [2.05, 4.69) is 0 Å². The molecule has 0 aliphatic heterocycles. The zero-order chi connectivity index (χ0) is 16.5. The third-order valence-corrected chi connectivity index (χ3v) is 7.87.